The molecule has 1 heterocycles. The Balaban J connectivity index is 0.000000246. The third-order valence-corrected chi connectivity index (χ3v) is 4.29. The van der Waals surface area contributed by atoms with E-state index in [1.807, 2.05) is 6.07 Å². The largest absolute Gasteiger partial charge is 4.00 e. The molecule has 0 bridgehead atoms. The van der Waals surface area contributed by atoms with Crippen LogP contribution in [-0.2, 0) is 26.2 Å². The summed E-state index contributed by atoms with van der Waals surface area (Å²) in [6.07, 6.45) is 10.9. The Morgan fingerprint density at radius 2 is 1.48 bits per heavy atom. The zero-order valence-electron chi connectivity index (χ0n) is 14.8. The summed E-state index contributed by atoms with van der Waals surface area (Å²) in [6.45, 7) is 2.11. The van der Waals surface area contributed by atoms with E-state index in [0.717, 1.165) is 11.1 Å². The van der Waals surface area contributed by atoms with Gasteiger partial charge in [-0.25, -0.2) is 0 Å². The summed E-state index contributed by atoms with van der Waals surface area (Å²) in [7, 11) is 0. The molecule has 0 spiro atoms. The van der Waals surface area contributed by atoms with Crippen LogP contribution in [0.4, 0.5) is 0 Å². The van der Waals surface area contributed by atoms with E-state index in [1.165, 1.54) is 21.5 Å². The number of hydrogen-bond donors (Lipinski definition) is 0. The van der Waals surface area contributed by atoms with E-state index >= 15 is 0 Å². The third kappa shape index (κ3) is 5.29. The van der Waals surface area contributed by atoms with Gasteiger partial charge in [-0.3, -0.25) is 0 Å². The second kappa shape index (κ2) is 10.8. The van der Waals surface area contributed by atoms with E-state index < -0.39 is 0 Å². The number of halogens is 2. The fraction of sp³-hybridized carbons (Fsp3) is 0.0870. The van der Waals surface area contributed by atoms with E-state index in [2.05, 4.69) is 79.7 Å². The van der Waals surface area contributed by atoms with Gasteiger partial charge in [0.1, 0.15) is 0 Å². The molecule has 0 aliphatic heterocycles. The molecule has 0 saturated heterocycles. The first-order valence-electron chi connectivity index (χ1n) is 8.19. The van der Waals surface area contributed by atoms with Crippen LogP contribution in [0.3, 0.4) is 0 Å². The molecule has 0 amide bonds. The number of fused-ring (bicyclic) bond motifs is 3. The van der Waals surface area contributed by atoms with E-state index in [4.69, 9.17) is 4.42 Å². The van der Waals surface area contributed by atoms with E-state index in [0.29, 0.717) is 5.92 Å². The third-order valence-electron chi connectivity index (χ3n) is 4.29. The minimum Gasteiger partial charge on any atom is -1.00 e. The summed E-state index contributed by atoms with van der Waals surface area (Å²) in [6, 6.07) is 21.2. The second-order valence-corrected chi connectivity index (χ2v) is 6.04. The van der Waals surface area contributed by atoms with Crippen LogP contribution in [0.5, 0.6) is 0 Å². The maximum atomic E-state index is 4.97. The van der Waals surface area contributed by atoms with Crippen molar-refractivity contribution >= 4 is 27.1 Å². The van der Waals surface area contributed by atoms with Crippen molar-refractivity contribution in [2.45, 2.75) is 6.92 Å². The fourth-order valence-electron chi connectivity index (χ4n) is 3.08. The molecule has 4 heteroatoms. The van der Waals surface area contributed by atoms with Crippen molar-refractivity contribution in [3.8, 4) is 0 Å². The van der Waals surface area contributed by atoms with Gasteiger partial charge < -0.3 is 29.2 Å². The van der Waals surface area contributed by atoms with Crippen molar-refractivity contribution in [1.29, 1.82) is 0 Å². The first kappa shape index (κ1) is 23.6. The van der Waals surface area contributed by atoms with Gasteiger partial charge >= 0.3 is 26.2 Å². The normalized spacial score (nSPS) is 14.4. The van der Waals surface area contributed by atoms with Gasteiger partial charge in [0.15, 0.2) is 0 Å². The summed E-state index contributed by atoms with van der Waals surface area (Å²) in [4.78, 5) is 0. The van der Waals surface area contributed by atoms with Crippen LogP contribution in [0.15, 0.2) is 89.8 Å². The van der Waals surface area contributed by atoms with Crippen LogP contribution >= 0.6 is 0 Å². The van der Waals surface area contributed by atoms with Crippen LogP contribution < -0.4 is 24.8 Å². The van der Waals surface area contributed by atoms with Crippen molar-refractivity contribution in [3.63, 3.8) is 0 Å². The summed E-state index contributed by atoms with van der Waals surface area (Å²) < 4.78 is 4.97. The molecular formula is C23H18Cl2OZr. The van der Waals surface area contributed by atoms with Crippen molar-refractivity contribution in [2.75, 3.05) is 0 Å². The van der Waals surface area contributed by atoms with Crippen LogP contribution in [0.1, 0.15) is 12.5 Å². The van der Waals surface area contributed by atoms with Crippen LogP contribution in [-0.4, -0.2) is 0 Å². The summed E-state index contributed by atoms with van der Waals surface area (Å²) in [5.41, 5.74) is 2.26. The minimum atomic E-state index is 0. The van der Waals surface area contributed by atoms with Gasteiger partial charge in [-0.2, -0.15) is 17.7 Å². The second-order valence-electron chi connectivity index (χ2n) is 6.04. The molecule has 1 atom stereocenters. The van der Waals surface area contributed by atoms with Gasteiger partial charge in [0.2, 0.25) is 0 Å². The van der Waals surface area contributed by atoms with Gasteiger partial charge in [0, 0.05) is 6.26 Å². The maximum absolute atomic E-state index is 4.97. The van der Waals surface area contributed by atoms with Crippen LogP contribution in [0.25, 0.3) is 27.1 Å². The molecule has 1 aromatic heterocycles. The molecule has 0 fully saturated rings. The zero-order chi connectivity index (χ0) is 16.4. The average Bonchev–Trinajstić information content (AvgIpc) is 3.34. The van der Waals surface area contributed by atoms with Crippen molar-refractivity contribution in [1.82, 2.24) is 0 Å². The van der Waals surface area contributed by atoms with Gasteiger partial charge in [0.05, 0.1) is 6.26 Å². The predicted molar refractivity (Wildman–Crippen MR) is 101 cm³/mol. The monoisotopic (exact) mass is 470 g/mol. The topological polar surface area (TPSA) is 13.1 Å². The molecule has 1 aliphatic rings. The Bertz CT molecular complexity index is 979. The van der Waals surface area contributed by atoms with Crippen molar-refractivity contribution in [2.24, 2.45) is 5.92 Å². The fourth-order valence-corrected chi connectivity index (χ4v) is 3.08. The molecule has 134 valence electrons. The summed E-state index contributed by atoms with van der Waals surface area (Å²) in [5, 5.41) is 5.39. The smallest absolute Gasteiger partial charge is 1.00 e. The van der Waals surface area contributed by atoms with Crippen molar-refractivity contribution in [3.05, 3.63) is 97.0 Å². The van der Waals surface area contributed by atoms with Crippen molar-refractivity contribution < 1.29 is 55.4 Å². The molecule has 4 aromatic rings. The van der Waals surface area contributed by atoms with Gasteiger partial charge in [-0.1, -0.05) is 60.9 Å². The molecule has 5 rings (SSSR count). The van der Waals surface area contributed by atoms with E-state index in [-0.39, 0.29) is 51.0 Å². The Morgan fingerprint density at radius 1 is 0.889 bits per heavy atom. The van der Waals surface area contributed by atoms with Crippen LogP contribution in [0, 0.1) is 12.0 Å². The quantitative estimate of drug-likeness (QED) is 0.366. The van der Waals surface area contributed by atoms with E-state index in [1.54, 1.807) is 12.5 Å². The molecule has 1 nitrogen and oxygen atoms in total. The van der Waals surface area contributed by atoms with Gasteiger partial charge in [0.25, 0.3) is 0 Å². The first-order chi connectivity index (χ1) is 11.8. The molecule has 0 radical (unpaired) electrons. The molecular weight excluding hydrogens is 454 g/mol. The maximum Gasteiger partial charge on any atom is 4.00 e. The molecule has 0 saturated carbocycles. The van der Waals surface area contributed by atoms with E-state index in [9.17, 15) is 0 Å². The Morgan fingerprint density at radius 3 is 1.96 bits per heavy atom. The van der Waals surface area contributed by atoms with Gasteiger partial charge in [-0.05, 0) is 0 Å². The number of rotatable bonds is 1. The molecule has 0 N–H and O–H groups in total. The Hall–Kier alpha value is -1.47. The van der Waals surface area contributed by atoms with Crippen LogP contribution in [0.2, 0.25) is 0 Å². The predicted octanol–water partition coefficient (Wildman–Crippen LogP) is 0.389. The Labute approximate surface area is 191 Å². The zero-order valence-corrected chi connectivity index (χ0v) is 18.8. The number of furan rings is 1. The number of hydrogen-bond acceptors (Lipinski definition) is 1. The number of benzene rings is 2. The molecule has 3 aromatic carbocycles. The van der Waals surface area contributed by atoms with Gasteiger partial charge in [-0.15, -0.1) is 45.8 Å². The standard InChI is InChI=1S/C13H9.C10H9O.2ClH.Zr/c1-3-7-12-10(5-1)9-11-6-2-4-8-13(11)12;1-8-2-3-9(6-8)10-4-5-11-7-10;;;/h1-9H;2-5,7-8H,1H3;2*1H;/q2*-1;;;+4/p-2. The minimum absolute atomic E-state index is 0. The Kier molecular flexibility index (Phi) is 9.39. The summed E-state index contributed by atoms with van der Waals surface area (Å²) in [5.74, 6) is 0.444. The number of allylic oxidation sites excluding steroid dienone is 4. The first-order valence-corrected chi connectivity index (χ1v) is 8.19. The summed E-state index contributed by atoms with van der Waals surface area (Å²) >= 11 is 0. The SMILES string of the molecule is CC1[C-]=C(c2ccoc2)C=C1.[Cl-].[Cl-].[Zr+4].c1ccc2c(c1)[cH-]c1ccccc12. The molecule has 1 aliphatic carbocycles. The average molecular weight is 473 g/mol. The molecule has 27 heavy (non-hydrogen) atoms. The molecule has 1 unspecified atom stereocenters.